The third-order valence-electron chi connectivity index (χ3n) is 3.10. The molecule has 0 fully saturated rings. The summed E-state index contributed by atoms with van der Waals surface area (Å²) in [4.78, 5) is 12.1. The third-order valence-corrected chi connectivity index (χ3v) is 3.10. The van der Waals surface area contributed by atoms with Crippen molar-refractivity contribution < 1.29 is 18.0 Å². The maximum absolute atomic E-state index is 12.5. The fourth-order valence-corrected chi connectivity index (χ4v) is 1.93. The molecule has 0 heterocycles. The Kier molecular flexibility index (Phi) is 4.65. The summed E-state index contributed by atoms with van der Waals surface area (Å²) in [7, 11) is 0. The van der Waals surface area contributed by atoms with Gasteiger partial charge in [-0.15, -0.1) is 0 Å². The number of alkyl halides is 3. The summed E-state index contributed by atoms with van der Waals surface area (Å²) in [6, 6.07) is 13.3. The van der Waals surface area contributed by atoms with Crippen LogP contribution in [0, 0.1) is 0 Å². The van der Waals surface area contributed by atoms with Gasteiger partial charge in [0, 0.05) is 11.3 Å². The minimum absolute atomic E-state index is 0.311. The maximum atomic E-state index is 12.5. The molecule has 22 heavy (non-hydrogen) atoms. The Hall–Kier alpha value is -2.56. The van der Waals surface area contributed by atoms with E-state index in [9.17, 15) is 18.0 Å². The quantitative estimate of drug-likeness (QED) is 0.889. The van der Waals surface area contributed by atoms with Crippen molar-refractivity contribution in [1.82, 2.24) is 5.32 Å². The van der Waals surface area contributed by atoms with Gasteiger partial charge in [-0.3, -0.25) is 4.79 Å². The molecule has 2 aromatic rings. The van der Waals surface area contributed by atoms with E-state index in [4.69, 9.17) is 0 Å². The highest BCUT2D eigenvalue weighted by Crippen LogP contribution is 2.29. The van der Waals surface area contributed by atoms with Crippen LogP contribution in [0.5, 0.6) is 0 Å². The lowest BCUT2D eigenvalue weighted by atomic mass is 10.1. The van der Waals surface area contributed by atoms with E-state index in [1.165, 1.54) is 12.1 Å². The molecule has 0 aliphatic carbocycles. The predicted octanol–water partition coefficient (Wildman–Crippen LogP) is 4.50. The molecule has 0 spiro atoms. The second kappa shape index (κ2) is 6.47. The lowest BCUT2D eigenvalue weighted by molar-refractivity contribution is -0.137. The molecule has 2 nitrogen and oxygen atoms in total. The highest BCUT2D eigenvalue weighted by Gasteiger charge is 2.30. The fourth-order valence-electron chi connectivity index (χ4n) is 1.93. The molecule has 0 saturated heterocycles. The summed E-state index contributed by atoms with van der Waals surface area (Å²) in [6.07, 6.45) is -2.73. The molecule has 0 bridgehead atoms. The van der Waals surface area contributed by atoms with E-state index in [2.05, 4.69) is 5.32 Å². The number of carbonyl (C=O) groups is 1. The maximum Gasteiger partial charge on any atom is 0.416 e. The van der Waals surface area contributed by atoms with Crippen molar-refractivity contribution in [2.45, 2.75) is 13.1 Å². The Morgan fingerprint density at radius 1 is 0.955 bits per heavy atom. The van der Waals surface area contributed by atoms with Gasteiger partial charge < -0.3 is 5.32 Å². The van der Waals surface area contributed by atoms with Crippen molar-refractivity contribution in [3.05, 3.63) is 77.4 Å². The van der Waals surface area contributed by atoms with Crippen LogP contribution in [0.1, 0.15) is 28.4 Å². The Morgan fingerprint density at radius 3 is 2.05 bits per heavy atom. The first-order valence-electron chi connectivity index (χ1n) is 6.62. The summed E-state index contributed by atoms with van der Waals surface area (Å²) in [6.45, 7) is 1.71. The van der Waals surface area contributed by atoms with E-state index in [1.54, 1.807) is 43.3 Å². The number of allylic oxidation sites excluding steroid dienone is 1. The van der Waals surface area contributed by atoms with Crippen LogP contribution in [0.15, 0.2) is 60.7 Å². The van der Waals surface area contributed by atoms with Gasteiger partial charge in [0.05, 0.1) is 5.56 Å². The first-order valence-corrected chi connectivity index (χ1v) is 6.62. The number of carbonyl (C=O) groups excluding carboxylic acids is 1. The van der Waals surface area contributed by atoms with Gasteiger partial charge in [-0.1, -0.05) is 36.4 Å². The zero-order chi connectivity index (χ0) is 16.2. The number of hydrogen-bond donors (Lipinski definition) is 1. The minimum Gasteiger partial charge on any atom is -0.322 e. The summed E-state index contributed by atoms with van der Waals surface area (Å²) in [5, 5.41) is 2.70. The number of halogens is 3. The molecule has 0 saturated carbocycles. The molecule has 2 aromatic carbocycles. The summed E-state index contributed by atoms with van der Waals surface area (Å²) < 4.78 is 37.6. The lowest BCUT2D eigenvalue weighted by Gasteiger charge is -2.12. The molecule has 0 radical (unpaired) electrons. The van der Waals surface area contributed by atoms with Crippen LogP contribution in [0.4, 0.5) is 13.2 Å². The molecule has 0 unspecified atom stereocenters. The second-order valence-electron chi connectivity index (χ2n) is 4.60. The predicted molar refractivity (Wildman–Crippen MR) is 79.0 cm³/mol. The molecule has 0 aromatic heterocycles. The van der Waals surface area contributed by atoms with E-state index >= 15 is 0 Å². The first kappa shape index (κ1) is 15.8. The SMILES string of the molecule is C/C=C(\NC(=O)c1ccccc1)c1ccc(C(F)(F)F)cc1. The van der Waals surface area contributed by atoms with Gasteiger partial charge in [0.1, 0.15) is 0 Å². The van der Waals surface area contributed by atoms with Crippen molar-refractivity contribution in [3.63, 3.8) is 0 Å². The lowest BCUT2D eigenvalue weighted by Crippen LogP contribution is -2.21. The standard InChI is InChI=1S/C17H14F3NO/c1-2-15(21-16(22)13-6-4-3-5-7-13)12-8-10-14(11-9-12)17(18,19)20/h2-11H,1H3,(H,21,22)/b15-2-. The molecule has 0 atom stereocenters. The zero-order valence-electron chi connectivity index (χ0n) is 11.8. The van der Waals surface area contributed by atoms with Gasteiger partial charge in [-0.2, -0.15) is 13.2 Å². The largest absolute Gasteiger partial charge is 0.416 e. The highest BCUT2D eigenvalue weighted by atomic mass is 19.4. The molecule has 0 aliphatic heterocycles. The molecular formula is C17H14F3NO. The van der Waals surface area contributed by atoms with Crippen LogP contribution in [0.2, 0.25) is 0 Å². The van der Waals surface area contributed by atoms with Crippen molar-refractivity contribution in [1.29, 1.82) is 0 Å². The Bertz CT molecular complexity index is 673. The normalized spacial score (nSPS) is 12.1. The molecule has 0 aliphatic rings. The zero-order valence-corrected chi connectivity index (χ0v) is 11.8. The van der Waals surface area contributed by atoms with Crippen molar-refractivity contribution in [3.8, 4) is 0 Å². The van der Waals surface area contributed by atoms with Crippen LogP contribution < -0.4 is 5.32 Å². The van der Waals surface area contributed by atoms with Crippen molar-refractivity contribution in [2.24, 2.45) is 0 Å². The Morgan fingerprint density at radius 2 is 1.55 bits per heavy atom. The van der Waals surface area contributed by atoms with Crippen LogP contribution >= 0.6 is 0 Å². The minimum atomic E-state index is -4.37. The Balaban J connectivity index is 2.18. The highest BCUT2D eigenvalue weighted by molar-refractivity contribution is 5.99. The van der Waals surface area contributed by atoms with E-state index in [1.807, 2.05) is 0 Å². The topological polar surface area (TPSA) is 29.1 Å². The van der Waals surface area contributed by atoms with E-state index in [0.717, 1.165) is 12.1 Å². The first-order chi connectivity index (χ1) is 10.4. The number of hydrogen-bond acceptors (Lipinski definition) is 1. The van der Waals surface area contributed by atoms with Crippen LogP contribution in [0.3, 0.4) is 0 Å². The summed E-state index contributed by atoms with van der Waals surface area (Å²) in [5.41, 5.74) is 0.734. The van der Waals surface area contributed by atoms with Gasteiger partial charge in [-0.25, -0.2) is 0 Å². The number of benzene rings is 2. The molecular weight excluding hydrogens is 291 g/mol. The molecule has 5 heteroatoms. The molecule has 1 amide bonds. The Labute approximate surface area is 126 Å². The van der Waals surface area contributed by atoms with Gasteiger partial charge in [0.2, 0.25) is 0 Å². The monoisotopic (exact) mass is 305 g/mol. The summed E-state index contributed by atoms with van der Waals surface area (Å²) >= 11 is 0. The van der Waals surface area contributed by atoms with Gasteiger partial charge in [0.25, 0.3) is 5.91 Å². The van der Waals surface area contributed by atoms with Gasteiger partial charge in [-0.05, 0) is 36.8 Å². The number of nitrogens with one attached hydrogen (secondary N) is 1. The van der Waals surface area contributed by atoms with E-state index < -0.39 is 11.7 Å². The van der Waals surface area contributed by atoms with Gasteiger partial charge in [0.15, 0.2) is 0 Å². The number of rotatable bonds is 3. The van der Waals surface area contributed by atoms with Crippen LogP contribution in [0.25, 0.3) is 5.70 Å². The van der Waals surface area contributed by atoms with E-state index in [-0.39, 0.29) is 5.91 Å². The number of amides is 1. The third kappa shape index (κ3) is 3.75. The fraction of sp³-hybridized carbons (Fsp3) is 0.118. The second-order valence-corrected chi connectivity index (χ2v) is 4.60. The molecule has 1 N–H and O–H groups in total. The smallest absolute Gasteiger partial charge is 0.322 e. The van der Waals surface area contributed by atoms with Gasteiger partial charge >= 0.3 is 6.18 Å². The molecule has 114 valence electrons. The average molecular weight is 305 g/mol. The summed E-state index contributed by atoms with van der Waals surface area (Å²) in [5.74, 6) is -0.311. The average Bonchev–Trinajstić information content (AvgIpc) is 2.52. The van der Waals surface area contributed by atoms with Crippen molar-refractivity contribution >= 4 is 11.6 Å². The van der Waals surface area contributed by atoms with Crippen LogP contribution in [-0.2, 0) is 6.18 Å². The van der Waals surface area contributed by atoms with Crippen LogP contribution in [-0.4, -0.2) is 5.91 Å². The molecule has 2 rings (SSSR count). The van der Waals surface area contributed by atoms with E-state index in [0.29, 0.717) is 16.8 Å². The van der Waals surface area contributed by atoms with Crippen molar-refractivity contribution in [2.75, 3.05) is 0 Å².